The third-order valence-electron chi connectivity index (χ3n) is 3.41. The van der Waals surface area contributed by atoms with Crippen LogP contribution in [0.15, 0.2) is 24.3 Å². The maximum atomic E-state index is 6.20. The molecule has 1 aromatic rings. The van der Waals surface area contributed by atoms with E-state index in [0.717, 1.165) is 5.56 Å². The summed E-state index contributed by atoms with van der Waals surface area (Å²) < 4.78 is 12.0. The molecule has 1 saturated heterocycles. The molecule has 0 spiro atoms. The van der Waals surface area contributed by atoms with E-state index >= 15 is 0 Å². The van der Waals surface area contributed by atoms with Gasteiger partial charge in [-0.25, -0.2) is 0 Å². The Bertz CT molecular complexity index is 415. The quantitative estimate of drug-likeness (QED) is 0.790. The maximum Gasteiger partial charge on any atom is 0.185 e. The van der Waals surface area contributed by atoms with Crippen LogP contribution >= 0.6 is 11.6 Å². The van der Waals surface area contributed by atoms with Crippen molar-refractivity contribution in [1.82, 2.24) is 0 Å². The second kappa shape index (κ2) is 5.20. The molecule has 100 valence electrons. The van der Waals surface area contributed by atoms with Gasteiger partial charge in [-0.3, -0.25) is 0 Å². The Morgan fingerprint density at radius 2 is 1.94 bits per heavy atom. The molecule has 18 heavy (non-hydrogen) atoms. The first-order chi connectivity index (χ1) is 8.42. The fourth-order valence-electron chi connectivity index (χ4n) is 2.62. The SMILES string of the molecule is CC(C)C1OC(c2ccccc2Cl)OCC1(C)C. The van der Waals surface area contributed by atoms with Crippen molar-refractivity contribution in [2.24, 2.45) is 11.3 Å². The predicted octanol–water partition coefficient (Wildman–Crippen LogP) is 4.44. The summed E-state index contributed by atoms with van der Waals surface area (Å²) in [5.41, 5.74) is 0.951. The first kappa shape index (κ1) is 13.9. The van der Waals surface area contributed by atoms with Crippen LogP contribution in [0.5, 0.6) is 0 Å². The first-order valence-electron chi connectivity index (χ1n) is 6.43. The number of benzene rings is 1. The summed E-state index contributed by atoms with van der Waals surface area (Å²) in [6.45, 7) is 9.41. The average molecular weight is 269 g/mol. The standard InChI is InChI=1S/C15H21ClO2/c1-10(2)13-15(3,4)9-17-14(18-13)11-7-5-6-8-12(11)16/h5-8,10,13-14H,9H2,1-4H3. The van der Waals surface area contributed by atoms with Crippen molar-refractivity contribution in [2.75, 3.05) is 6.61 Å². The lowest BCUT2D eigenvalue weighted by atomic mass is 9.80. The van der Waals surface area contributed by atoms with Crippen LogP contribution in [0.25, 0.3) is 0 Å². The second-order valence-corrected chi connectivity index (χ2v) is 6.36. The van der Waals surface area contributed by atoms with Crippen LogP contribution in [0, 0.1) is 11.3 Å². The van der Waals surface area contributed by atoms with Crippen LogP contribution < -0.4 is 0 Å². The highest BCUT2D eigenvalue weighted by atomic mass is 35.5. The van der Waals surface area contributed by atoms with Crippen LogP contribution in [-0.4, -0.2) is 12.7 Å². The van der Waals surface area contributed by atoms with E-state index in [1.54, 1.807) is 0 Å². The predicted molar refractivity (Wildman–Crippen MR) is 73.6 cm³/mol. The van der Waals surface area contributed by atoms with Gasteiger partial charge in [-0.15, -0.1) is 0 Å². The van der Waals surface area contributed by atoms with Crippen LogP contribution in [0.4, 0.5) is 0 Å². The molecule has 2 unspecified atom stereocenters. The zero-order valence-electron chi connectivity index (χ0n) is 11.4. The molecule has 0 radical (unpaired) electrons. The Balaban J connectivity index is 2.21. The molecule has 3 heteroatoms. The molecule has 0 N–H and O–H groups in total. The van der Waals surface area contributed by atoms with Crippen LogP contribution in [-0.2, 0) is 9.47 Å². The Hall–Kier alpha value is -0.570. The van der Waals surface area contributed by atoms with Crippen molar-refractivity contribution in [2.45, 2.75) is 40.1 Å². The van der Waals surface area contributed by atoms with E-state index in [1.807, 2.05) is 24.3 Å². The highest BCUT2D eigenvalue weighted by molar-refractivity contribution is 6.31. The largest absolute Gasteiger partial charge is 0.348 e. The van der Waals surface area contributed by atoms with Gasteiger partial charge in [-0.05, 0) is 12.0 Å². The van der Waals surface area contributed by atoms with Crippen molar-refractivity contribution in [1.29, 1.82) is 0 Å². The van der Waals surface area contributed by atoms with Gasteiger partial charge < -0.3 is 9.47 Å². The van der Waals surface area contributed by atoms with Crippen LogP contribution in [0.1, 0.15) is 39.5 Å². The fourth-order valence-corrected chi connectivity index (χ4v) is 2.84. The Labute approximate surface area is 114 Å². The lowest BCUT2D eigenvalue weighted by molar-refractivity contribution is -0.274. The highest BCUT2D eigenvalue weighted by Crippen LogP contribution is 2.40. The number of halogens is 1. The topological polar surface area (TPSA) is 18.5 Å². The Morgan fingerprint density at radius 1 is 1.28 bits per heavy atom. The molecule has 1 heterocycles. The summed E-state index contributed by atoms with van der Waals surface area (Å²) in [4.78, 5) is 0. The van der Waals surface area contributed by atoms with E-state index in [1.165, 1.54) is 0 Å². The molecule has 2 atom stereocenters. The highest BCUT2D eigenvalue weighted by Gasteiger charge is 2.40. The molecule has 1 aliphatic rings. The van der Waals surface area contributed by atoms with Crippen molar-refractivity contribution in [3.05, 3.63) is 34.9 Å². The van der Waals surface area contributed by atoms with Gasteiger partial charge in [0.05, 0.1) is 12.7 Å². The van der Waals surface area contributed by atoms with E-state index in [0.29, 0.717) is 17.5 Å². The molecule has 1 fully saturated rings. The summed E-state index contributed by atoms with van der Waals surface area (Å²) in [6, 6.07) is 7.70. The van der Waals surface area contributed by atoms with Gasteiger partial charge >= 0.3 is 0 Å². The Morgan fingerprint density at radius 3 is 2.56 bits per heavy atom. The van der Waals surface area contributed by atoms with Crippen molar-refractivity contribution < 1.29 is 9.47 Å². The summed E-state index contributed by atoms with van der Waals surface area (Å²) in [7, 11) is 0. The van der Waals surface area contributed by atoms with E-state index in [-0.39, 0.29) is 17.8 Å². The third kappa shape index (κ3) is 2.71. The fraction of sp³-hybridized carbons (Fsp3) is 0.600. The molecular weight excluding hydrogens is 248 g/mol. The molecule has 0 aliphatic carbocycles. The van der Waals surface area contributed by atoms with Gasteiger partial charge in [0.1, 0.15) is 0 Å². The van der Waals surface area contributed by atoms with Gasteiger partial charge in [0.25, 0.3) is 0 Å². The van der Waals surface area contributed by atoms with E-state index in [2.05, 4.69) is 27.7 Å². The van der Waals surface area contributed by atoms with E-state index < -0.39 is 0 Å². The summed E-state index contributed by atoms with van der Waals surface area (Å²) in [5, 5.41) is 0.699. The lowest BCUT2D eigenvalue weighted by Crippen LogP contribution is -2.45. The van der Waals surface area contributed by atoms with Gasteiger partial charge in [-0.1, -0.05) is 57.5 Å². The minimum atomic E-state index is -0.348. The van der Waals surface area contributed by atoms with E-state index in [9.17, 15) is 0 Å². The smallest absolute Gasteiger partial charge is 0.185 e. The average Bonchev–Trinajstić information content (AvgIpc) is 2.29. The minimum absolute atomic E-state index is 0.0337. The monoisotopic (exact) mass is 268 g/mol. The van der Waals surface area contributed by atoms with Crippen molar-refractivity contribution >= 4 is 11.6 Å². The van der Waals surface area contributed by atoms with Gasteiger partial charge in [-0.2, -0.15) is 0 Å². The maximum absolute atomic E-state index is 6.20. The Kier molecular flexibility index (Phi) is 4.00. The zero-order chi connectivity index (χ0) is 13.3. The molecule has 0 amide bonds. The first-order valence-corrected chi connectivity index (χ1v) is 6.81. The number of hydrogen-bond donors (Lipinski definition) is 0. The lowest BCUT2D eigenvalue weighted by Gasteiger charge is -2.44. The molecule has 2 nitrogen and oxygen atoms in total. The molecule has 0 aromatic heterocycles. The van der Waals surface area contributed by atoms with Crippen LogP contribution in [0.2, 0.25) is 5.02 Å². The molecular formula is C15H21ClO2. The number of rotatable bonds is 2. The summed E-state index contributed by atoms with van der Waals surface area (Å²) in [5.74, 6) is 0.453. The minimum Gasteiger partial charge on any atom is -0.348 e. The summed E-state index contributed by atoms with van der Waals surface area (Å²) >= 11 is 6.20. The van der Waals surface area contributed by atoms with Gasteiger partial charge in [0.15, 0.2) is 6.29 Å². The molecule has 1 aromatic carbocycles. The van der Waals surface area contributed by atoms with Gasteiger partial charge in [0.2, 0.25) is 0 Å². The third-order valence-corrected chi connectivity index (χ3v) is 3.76. The molecule has 2 rings (SSSR count). The zero-order valence-corrected chi connectivity index (χ0v) is 12.2. The van der Waals surface area contributed by atoms with E-state index in [4.69, 9.17) is 21.1 Å². The van der Waals surface area contributed by atoms with Crippen LogP contribution in [0.3, 0.4) is 0 Å². The number of ether oxygens (including phenoxy) is 2. The molecule has 0 saturated carbocycles. The molecule has 0 bridgehead atoms. The summed E-state index contributed by atoms with van der Waals surface area (Å²) in [6.07, 6.45) is -0.174. The second-order valence-electron chi connectivity index (χ2n) is 5.95. The normalized spacial score (nSPS) is 27.4. The van der Waals surface area contributed by atoms with Gasteiger partial charge in [0, 0.05) is 16.0 Å². The van der Waals surface area contributed by atoms with Crippen molar-refractivity contribution in [3.8, 4) is 0 Å². The van der Waals surface area contributed by atoms with Crippen molar-refractivity contribution in [3.63, 3.8) is 0 Å². The molecule has 1 aliphatic heterocycles. The number of hydrogen-bond acceptors (Lipinski definition) is 2.